The summed E-state index contributed by atoms with van der Waals surface area (Å²) in [4.78, 5) is 11.5. The van der Waals surface area contributed by atoms with Crippen LogP contribution in [0.5, 0.6) is 0 Å². The largest absolute Gasteiger partial charge is 0.326 e. The third-order valence-electron chi connectivity index (χ3n) is 3.69. The standard InChI is InChI=1S/C15H22N2O/c1-4-10-7-12(14(16)9(2)3)8-11-5-6-13(18)17-15(10)11/h7-9,14H,4-6,16H2,1-3H3,(H,17,18). The van der Waals surface area contributed by atoms with Gasteiger partial charge in [0.2, 0.25) is 5.91 Å². The molecule has 3 heteroatoms. The molecule has 0 aromatic heterocycles. The lowest BCUT2D eigenvalue weighted by Crippen LogP contribution is -2.22. The van der Waals surface area contributed by atoms with Gasteiger partial charge < -0.3 is 11.1 Å². The van der Waals surface area contributed by atoms with Crippen molar-refractivity contribution >= 4 is 11.6 Å². The molecule has 1 heterocycles. The molecule has 1 unspecified atom stereocenters. The molecule has 1 aliphatic rings. The van der Waals surface area contributed by atoms with Gasteiger partial charge in [-0.25, -0.2) is 0 Å². The molecule has 3 nitrogen and oxygen atoms in total. The fourth-order valence-corrected chi connectivity index (χ4v) is 2.46. The first-order chi connectivity index (χ1) is 8.52. The topological polar surface area (TPSA) is 55.1 Å². The predicted octanol–water partition coefficient (Wildman–Crippen LogP) is 2.79. The van der Waals surface area contributed by atoms with Gasteiger partial charge in [0.1, 0.15) is 0 Å². The van der Waals surface area contributed by atoms with Gasteiger partial charge in [0.05, 0.1) is 0 Å². The molecular formula is C15H22N2O. The molecule has 0 spiro atoms. The van der Waals surface area contributed by atoms with Crippen LogP contribution in [0, 0.1) is 5.92 Å². The van der Waals surface area contributed by atoms with Crippen LogP contribution in [0.3, 0.4) is 0 Å². The SMILES string of the molecule is CCc1cc(C(N)C(C)C)cc2c1NC(=O)CC2. The fourth-order valence-electron chi connectivity index (χ4n) is 2.46. The van der Waals surface area contributed by atoms with Crippen molar-refractivity contribution in [3.63, 3.8) is 0 Å². The zero-order valence-corrected chi connectivity index (χ0v) is 11.4. The average molecular weight is 246 g/mol. The number of amides is 1. The number of fused-ring (bicyclic) bond motifs is 1. The van der Waals surface area contributed by atoms with Crippen molar-refractivity contribution in [2.24, 2.45) is 11.7 Å². The van der Waals surface area contributed by atoms with E-state index in [2.05, 4.69) is 38.2 Å². The monoisotopic (exact) mass is 246 g/mol. The summed E-state index contributed by atoms with van der Waals surface area (Å²) in [6, 6.07) is 4.38. The van der Waals surface area contributed by atoms with Crippen LogP contribution in [0.4, 0.5) is 5.69 Å². The number of aryl methyl sites for hydroxylation is 2. The molecule has 2 rings (SSSR count). The van der Waals surface area contributed by atoms with Crippen molar-refractivity contribution in [3.05, 3.63) is 28.8 Å². The summed E-state index contributed by atoms with van der Waals surface area (Å²) >= 11 is 0. The molecule has 3 N–H and O–H groups in total. The van der Waals surface area contributed by atoms with Crippen LogP contribution in [0.1, 0.15) is 49.9 Å². The Morgan fingerprint density at radius 1 is 1.33 bits per heavy atom. The molecule has 0 aliphatic carbocycles. The number of nitrogens with one attached hydrogen (secondary N) is 1. The van der Waals surface area contributed by atoms with Crippen LogP contribution < -0.4 is 11.1 Å². The number of anilines is 1. The third-order valence-corrected chi connectivity index (χ3v) is 3.69. The van der Waals surface area contributed by atoms with Gasteiger partial charge in [-0.15, -0.1) is 0 Å². The number of benzene rings is 1. The van der Waals surface area contributed by atoms with Gasteiger partial charge >= 0.3 is 0 Å². The predicted molar refractivity (Wildman–Crippen MR) is 74.5 cm³/mol. The lowest BCUT2D eigenvalue weighted by Gasteiger charge is -2.24. The number of nitrogens with two attached hydrogens (primary N) is 1. The minimum Gasteiger partial charge on any atom is -0.326 e. The minimum absolute atomic E-state index is 0.0678. The van der Waals surface area contributed by atoms with Crippen molar-refractivity contribution in [1.82, 2.24) is 0 Å². The first-order valence-electron chi connectivity index (χ1n) is 6.74. The molecule has 0 fully saturated rings. The molecule has 0 bridgehead atoms. The number of carbonyl (C=O) groups excluding carboxylic acids is 1. The summed E-state index contributed by atoms with van der Waals surface area (Å²) in [7, 11) is 0. The summed E-state index contributed by atoms with van der Waals surface area (Å²) in [6.07, 6.45) is 2.32. The molecule has 1 aromatic carbocycles. The Hall–Kier alpha value is -1.35. The maximum Gasteiger partial charge on any atom is 0.224 e. The molecule has 18 heavy (non-hydrogen) atoms. The van der Waals surface area contributed by atoms with Crippen LogP contribution in [0.25, 0.3) is 0 Å². The van der Waals surface area contributed by atoms with Crippen molar-refractivity contribution in [2.45, 2.75) is 46.1 Å². The third kappa shape index (κ3) is 2.41. The van der Waals surface area contributed by atoms with Gasteiger partial charge in [-0.1, -0.05) is 32.9 Å². The Morgan fingerprint density at radius 2 is 2.06 bits per heavy atom. The van der Waals surface area contributed by atoms with Crippen LogP contribution >= 0.6 is 0 Å². The zero-order valence-electron chi connectivity index (χ0n) is 11.4. The molecule has 1 aromatic rings. The van der Waals surface area contributed by atoms with Gasteiger partial charge in [0.15, 0.2) is 0 Å². The van der Waals surface area contributed by atoms with E-state index in [-0.39, 0.29) is 11.9 Å². The average Bonchev–Trinajstić information content (AvgIpc) is 2.36. The summed E-state index contributed by atoms with van der Waals surface area (Å²) in [6.45, 7) is 6.38. The fraction of sp³-hybridized carbons (Fsp3) is 0.533. The maximum atomic E-state index is 11.5. The van der Waals surface area contributed by atoms with Crippen molar-refractivity contribution in [2.75, 3.05) is 5.32 Å². The van der Waals surface area contributed by atoms with Crippen molar-refractivity contribution < 1.29 is 4.79 Å². The molecule has 0 radical (unpaired) electrons. The molecule has 1 amide bonds. The van der Waals surface area contributed by atoms with Gasteiger partial charge in [-0.05, 0) is 35.4 Å². The second-order valence-corrected chi connectivity index (χ2v) is 5.39. The van der Waals surface area contributed by atoms with E-state index in [1.165, 1.54) is 16.7 Å². The second kappa shape index (κ2) is 5.11. The van der Waals surface area contributed by atoms with E-state index in [0.717, 1.165) is 18.5 Å². The Kier molecular flexibility index (Phi) is 3.71. The molecular weight excluding hydrogens is 224 g/mol. The smallest absolute Gasteiger partial charge is 0.224 e. The zero-order chi connectivity index (χ0) is 13.3. The van der Waals surface area contributed by atoms with E-state index in [0.29, 0.717) is 12.3 Å². The van der Waals surface area contributed by atoms with E-state index >= 15 is 0 Å². The molecule has 0 saturated heterocycles. The highest BCUT2D eigenvalue weighted by molar-refractivity contribution is 5.94. The molecule has 0 saturated carbocycles. The van der Waals surface area contributed by atoms with Crippen molar-refractivity contribution in [3.8, 4) is 0 Å². The number of hydrogen-bond donors (Lipinski definition) is 2. The van der Waals surface area contributed by atoms with Crippen LogP contribution in [0.2, 0.25) is 0 Å². The summed E-state index contributed by atoms with van der Waals surface area (Å²) in [5.74, 6) is 0.545. The number of rotatable bonds is 3. The Bertz CT molecular complexity index is 449. The Morgan fingerprint density at radius 3 is 2.67 bits per heavy atom. The molecule has 98 valence electrons. The first kappa shape index (κ1) is 13.1. The van der Waals surface area contributed by atoms with Crippen LogP contribution in [0.15, 0.2) is 12.1 Å². The normalized spacial score (nSPS) is 16.4. The maximum absolute atomic E-state index is 11.5. The quantitative estimate of drug-likeness (QED) is 0.861. The minimum atomic E-state index is 0.0678. The summed E-state index contributed by atoms with van der Waals surface area (Å²) in [5, 5.41) is 3.00. The first-order valence-corrected chi connectivity index (χ1v) is 6.74. The van der Waals surface area contributed by atoms with E-state index in [4.69, 9.17) is 5.73 Å². The highest BCUT2D eigenvalue weighted by Gasteiger charge is 2.20. The van der Waals surface area contributed by atoms with Gasteiger partial charge in [0.25, 0.3) is 0 Å². The van der Waals surface area contributed by atoms with Crippen LogP contribution in [-0.4, -0.2) is 5.91 Å². The Balaban J connectivity index is 2.45. The number of hydrogen-bond acceptors (Lipinski definition) is 2. The lowest BCUT2D eigenvalue weighted by molar-refractivity contribution is -0.116. The number of carbonyl (C=O) groups is 1. The van der Waals surface area contributed by atoms with E-state index in [9.17, 15) is 4.79 Å². The van der Waals surface area contributed by atoms with Gasteiger partial charge in [-0.3, -0.25) is 4.79 Å². The van der Waals surface area contributed by atoms with E-state index in [1.807, 2.05) is 0 Å². The summed E-state index contributed by atoms with van der Waals surface area (Å²) in [5.41, 5.74) is 10.9. The van der Waals surface area contributed by atoms with Crippen LogP contribution in [-0.2, 0) is 17.6 Å². The second-order valence-electron chi connectivity index (χ2n) is 5.39. The molecule has 1 atom stereocenters. The lowest BCUT2D eigenvalue weighted by atomic mass is 9.89. The Labute approximate surface area is 109 Å². The molecule has 1 aliphatic heterocycles. The van der Waals surface area contributed by atoms with Gasteiger partial charge in [-0.2, -0.15) is 0 Å². The van der Waals surface area contributed by atoms with E-state index < -0.39 is 0 Å². The van der Waals surface area contributed by atoms with Gasteiger partial charge in [0, 0.05) is 18.2 Å². The van der Waals surface area contributed by atoms with Crippen molar-refractivity contribution in [1.29, 1.82) is 0 Å². The van der Waals surface area contributed by atoms with E-state index in [1.54, 1.807) is 0 Å². The summed E-state index contributed by atoms with van der Waals surface area (Å²) < 4.78 is 0. The highest BCUT2D eigenvalue weighted by Crippen LogP contribution is 2.31. The highest BCUT2D eigenvalue weighted by atomic mass is 16.1.